The van der Waals surface area contributed by atoms with Crippen molar-refractivity contribution in [3.63, 3.8) is 0 Å². The first kappa shape index (κ1) is 21.6. The highest BCUT2D eigenvalue weighted by atomic mass is 16.5. The molecule has 3 aromatic rings. The number of aromatic nitrogens is 3. The number of pyridine rings is 1. The summed E-state index contributed by atoms with van der Waals surface area (Å²) in [6.45, 7) is 2.81. The molecule has 10 nitrogen and oxygen atoms in total. The highest BCUT2D eigenvalue weighted by Crippen LogP contribution is 2.29. The summed E-state index contributed by atoms with van der Waals surface area (Å²) in [4.78, 5) is 12.9. The number of hydrazone groups is 1. The van der Waals surface area contributed by atoms with Crippen LogP contribution in [-0.2, 0) is 16.9 Å². The first-order valence-corrected chi connectivity index (χ1v) is 10.3. The molecule has 0 unspecified atom stereocenters. The van der Waals surface area contributed by atoms with Crippen molar-refractivity contribution in [2.45, 2.75) is 31.9 Å². The molecule has 10 heteroatoms. The Balaban J connectivity index is 1.61. The summed E-state index contributed by atoms with van der Waals surface area (Å²) in [7, 11) is 0. The van der Waals surface area contributed by atoms with Gasteiger partial charge in [0.1, 0.15) is 18.0 Å². The average molecular weight is 435 g/mol. The third-order valence-electron chi connectivity index (χ3n) is 5.61. The van der Waals surface area contributed by atoms with E-state index in [4.69, 9.17) is 16.3 Å². The Labute approximate surface area is 184 Å². The Hall–Kier alpha value is -3.63. The lowest BCUT2D eigenvalue weighted by Gasteiger charge is -2.30. The molecule has 4 rings (SSSR count). The maximum Gasteiger partial charge on any atom is 0.224 e. The van der Waals surface area contributed by atoms with Crippen LogP contribution in [0.25, 0.3) is 10.9 Å². The van der Waals surface area contributed by atoms with Crippen LogP contribution in [0.2, 0.25) is 0 Å². The number of hydrogen-bond donors (Lipinski definition) is 3. The zero-order valence-electron chi connectivity index (χ0n) is 17.7. The summed E-state index contributed by atoms with van der Waals surface area (Å²) >= 11 is 0. The number of aliphatic imine (C=N–C) groups is 1. The number of rotatable bonds is 5. The lowest BCUT2D eigenvalue weighted by atomic mass is 9.90. The van der Waals surface area contributed by atoms with Gasteiger partial charge < -0.3 is 26.6 Å². The third-order valence-corrected chi connectivity index (χ3v) is 5.61. The van der Waals surface area contributed by atoms with Crippen molar-refractivity contribution < 1.29 is 14.6 Å². The van der Waals surface area contributed by atoms with E-state index in [1.807, 2.05) is 25.1 Å². The Morgan fingerprint density at radius 3 is 2.75 bits per heavy atom. The van der Waals surface area contributed by atoms with E-state index in [2.05, 4.69) is 20.1 Å². The molecule has 0 bridgehead atoms. The van der Waals surface area contributed by atoms with Crippen molar-refractivity contribution in [2.24, 2.45) is 15.9 Å². The molecule has 1 fully saturated rings. The number of ether oxygens (including phenoxy) is 1. The fourth-order valence-electron chi connectivity index (χ4n) is 3.86. The molecule has 1 aliphatic rings. The van der Waals surface area contributed by atoms with E-state index >= 15 is 0 Å². The standard InChI is InChI=1S/C22H25N7O3/c1-14-4-2-6-16-19(14)26-21(23)27-20(16)17(28-24)13-25-12-15-5-3-7-18(29(15)31)22(30)8-10-32-11-9-22/h2-7,13,30H,8-12,24H2,1H3,(H2,23,26,27). The summed E-state index contributed by atoms with van der Waals surface area (Å²) in [6, 6.07) is 10.7. The van der Waals surface area contributed by atoms with Crippen LogP contribution in [0.15, 0.2) is 46.5 Å². The van der Waals surface area contributed by atoms with Crippen molar-refractivity contribution in [3.05, 3.63) is 64.3 Å². The molecule has 1 aliphatic heterocycles. The number of aryl methyl sites for hydroxylation is 1. The highest BCUT2D eigenvalue weighted by molar-refractivity contribution is 6.40. The first-order valence-electron chi connectivity index (χ1n) is 10.3. The molecule has 5 N–H and O–H groups in total. The zero-order valence-corrected chi connectivity index (χ0v) is 17.7. The molecule has 166 valence electrons. The Morgan fingerprint density at radius 1 is 1.25 bits per heavy atom. The summed E-state index contributed by atoms with van der Waals surface area (Å²) in [5, 5.41) is 28.4. The van der Waals surface area contributed by atoms with E-state index in [0.29, 0.717) is 54.4 Å². The lowest BCUT2D eigenvalue weighted by molar-refractivity contribution is -0.631. The maximum atomic E-state index is 12.9. The van der Waals surface area contributed by atoms with E-state index in [1.165, 1.54) is 6.21 Å². The van der Waals surface area contributed by atoms with Crippen molar-refractivity contribution >= 4 is 28.8 Å². The third kappa shape index (κ3) is 4.10. The molecule has 0 aliphatic carbocycles. The second kappa shape index (κ2) is 8.85. The van der Waals surface area contributed by atoms with Crippen LogP contribution in [0.5, 0.6) is 0 Å². The molecule has 0 saturated carbocycles. The topological polar surface area (TPSA) is 159 Å². The molecule has 0 radical (unpaired) electrons. The number of nitrogens with two attached hydrogens (primary N) is 2. The van der Waals surface area contributed by atoms with E-state index in [9.17, 15) is 10.3 Å². The van der Waals surface area contributed by atoms with Crippen molar-refractivity contribution in [1.82, 2.24) is 9.97 Å². The molecule has 32 heavy (non-hydrogen) atoms. The van der Waals surface area contributed by atoms with Crippen molar-refractivity contribution in [1.29, 1.82) is 0 Å². The SMILES string of the molecule is Cc1cccc2c(C(C=NCc3cccc(C4(O)CCOCC4)[n+]3[O-])=NN)nc(N)nc12. The minimum atomic E-state index is -1.21. The molecule has 0 amide bonds. The summed E-state index contributed by atoms with van der Waals surface area (Å²) in [5.74, 6) is 5.72. The van der Waals surface area contributed by atoms with Crippen molar-refractivity contribution in [2.75, 3.05) is 18.9 Å². The fourth-order valence-corrected chi connectivity index (χ4v) is 3.86. The monoisotopic (exact) mass is 435 g/mol. The predicted octanol–water partition coefficient (Wildman–Crippen LogP) is 1.09. The molecular formula is C22H25N7O3. The van der Waals surface area contributed by atoms with Gasteiger partial charge in [-0.25, -0.2) is 9.97 Å². The summed E-state index contributed by atoms with van der Waals surface area (Å²) in [5.41, 5.74) is 7.79. The average Bonchev–Trinajstić information content (AvgIpc) is 2.78. The molecular weight excluding hydrogens is 410 g/mol. The van der Waals surface area contributed by atoms with Gasteiger partial charge in [-0.1, -0.05) is 18.2 Å². The Bertz CT molecular complexity index is 1200. The minimum Gasteiger partial charge on any atom is -0.618 e. The maximum absolute atomic E-state index is 12.9. The number of aliphatic hydroxyl groups is 1. The summed E-state index contributed by atoms with van der Waals surface area (Å²) < 4.78 is 6.05. The number of hydrogen-bond acceptors (Lipinski definition) is 9. The first-order chi connectivity index (χ1) is 15.4. The smallest absolute Gasteiger partial charge is 0.224 e. The Kier molecular flexibility index (Phi) is 5.97. The van der Waals surface area contributed by atoms with Gasteiger partial charge in [0, 0.05) is 43.6 Å². The van der Waals surface area contributed by atoms with Crippen LogP contribution >= 0.6 is 0 Å². The summed E-state index contributed by atoms with van der Waals surface area (Å²) in [6.07, 6.45) is 2.19. The normalized spacial score (nSPS) is 16.6. The van der Waals surface area contributed by atoms with Gasteiger partial charge in [-0.05, 0) is 18.6 Å². The number of nitrogens with zero attached hydrogens (tertiary/aromatic N) is 5. The highest BCUT2D eigenvalue weighted by Gasteiger charge is 2.38. The quantitative estimate of drug-likeness (QED) is 0.178. The van der Waals surface area contributed by atoms with Gasteiger partial charge >= 0.3 is 0 Å². The lowest BCUT2D eigenvalue weighted by Crippen LogP contribution is -2.47. The van der Waals surface area contributed by atoms with Crippen LogP contribution in [-0.4, -0.2) is 40.2 Å². The molecule has 0 atom stereocenters. The number of nitrogen functional groups attached to an aromatic ring is 1. The van der Waals surface area contributed by atoms with Gasteiger partial charge in [-0.2, -0.15) is 9.83 Å². The molecule has 1 saturated heterocycles. The van der Waals surface area contributed by atoms with E-state index in [1.54, 1.807) is 18.2 Å². The largest absolute Gasteiger partial charge is 0.618 e. The van der Waals surface area contributed by atoms with Gasteiger partial charge in [-0.3, -0.25) is 4.99 Å². The van der Waals surface area contributed by atoms with Crippen LogP contribution in [0.3, 0.4) is 0 Å². The Morgan fingerprint density at radius 2 is 2.00 bits per heavy atom. The van der Waals surface area contributed by atoms with Crippen molar-refractivity contribution in [3.8, 4) is 0 Å². The molecule has 2 aromatic heterocycles. The number of para-hydroxylation sites is 1. The zero-order chi connectivity index (χ0) is 22.7. The second-order valence-corrected chi connectivity index (χ2v) is 7.73. The fraction of sp³-hybridized carbons (Fsp3) is 0.318. The van der Waals surface area contributed by atoms with E-state index in [-0.39, 0.29) is 12.5 Å². The van der Waals surface area contributed by atoms with Crippen LogP contribution in [0.1, 0.15) is 35.5 Å². The van der Waals surface area contributed by atoms with E-state index < -0.39 is 5.60 Å². The minimum absolute atomic E-state index is 0.0699. The number of anilines is 1. The van der Waals surface area contributed by atoms with Gasteiger partial charge in [0.25, 0.3) is 0 Å². The van der Waals surface area contributed by atoms with E-state index in [0.717, 1.165) is 15.7 Å². The van der Waals surface area contributed by atoms with Gasteiger partial charge in [0.05, 0.1) is 11.7 Å². The van der Waals surface area contributed by atoms with Crippen LogP contribution in [0.4, 0.5) is 5.95 Å². The van der Waals surface area contributed by atoms with Gasteiger partial charge in [0.2, 0.25) is 17.3 Å². The van der Waals surface area contributed by atoms with Gasteiger partial charge in [0.15, 0.2) is 5.60 Å². The predicted molar refractivity (Wildman–Crippen MR) is 121 cm³/mol. The second-order valence-electron chi connectivity index (χ2n) is 7.73. The van der Waals surface area contributed by atoms with Gasteiger partial charge in [-0.15, -0.1) is 0 Å². The van der Waals surface area contributed by atoms with Crippen LogP contribution < -0.4 is 16.3 Å². The number of fused-ring (bicyclic) bond motifs is 1. The van der Waals surface area contributed by atoms with Crippen LogP contribution in [0, 0.1) is 12.1 Å². The molecule has 3 heterocycles. The molecule has 0 spiro atoms. The number of benzene rings is 1. The molecule has 1 aromatic carbocycles.